The van der Waals surface area contributed by atoms with Crippen LogP contribution in [0.1, 0.15) is 16.8 Å². The molecule has 18 heavy (non-hydrogen) atoms. The van der Waals surface area contributed by atoms with Gasteiger partial charge in [0.15, 0.2) is 0 Å². The predicted molar refractivity (Wildman–Crippen MR) is 59.5 cm³/mol. The number of nitrogens with zero attached hydrogens (tertiary/aromatic N) is 1. The third-order valence-corrected chi connectivity index (χ3v) is 2.66. The molecule has 94 valence electrons. The van der Waals surface area contributed by atoms with Gasteiger partial charge in [-0.2, -0.15) is 0 Å². The maximum atomic E-state index is 13.1. The molecule has 1 aliphatic heterocycles. The summed E-state index contributed by atoms with van der Waals surface area (Å²) in [4.78, 5) is 23.7. The van der Waals surface area contributed by atoms with Crippen molar-refractivity contribution < 1.29 is 24.2 Å². The second-order valence-corrected chi connectivity index (χ2v) is 3.86. The molecule has 0 aliphatic carbocycles. The molecule has 5 nitrogen and oxygen atoms in total. The van der Waals surface area contributed by atoms with Crippen LogP contribution in [-0.2, 0) is 4.79 Å². The number of hydrogen-bond donors (Lipinski definition) is 2. The van der Waals surface area contributed by atoms with Crippen molar-refractivity contribution in [3.63, 3.8) is 0 Å². The zero-order chi connectivity index (χ0) is 13.3. The van der Waals surface area contributed by atoms with Crippen molar-refractivity contribution in [1.82, 2.24) is 4.90 Å². The average molecular weight is 251 g/mol. The van der Waals surface area contributed by atoms with Crippen molar-refractivity contribution in [2.75, 3.05) is 0 Å². The maximum absolute atomic E-state index is 13.1. The monoisotopic (exact) mass is 251 g/mol. The summed E-state index contributed by atoms with van der Waals surface area (Å²) in [6.45, 7) is 0. The van der Waals surface area contributed by atoms with Gasteiger partial charge in [-0.1, -0.05) is 12.1 Å². The highest BCUT2D eigenvalue weighted by Crippen LogP contribution is 2.27. The SMILES string of the molecule is O=C(O)[C@@H]1CC(F)=CN1C(=O)c1ccccc1O. The first-order chi connectivity index (χ1) is 8.50. The third-order valence-electron chi connectivity index (χ3n) is 2.66. The lowest BCUT2D eigenvalue weighted by Crippen LogP contribution is -2.38. The summed E-state index contributed by atoms with van der Waals surface area (Å²) in [5.41, 5.74) is -0.0605. The number of aromatic hydroxyl groups is 1. The van der Waals surface area contributed by atoms with E-state index in [0.29, 0.717) is 0 Å². The minimum atomic E-state index is -1.29. The van der Waals surface area contributed by atoms with Gasteiger partial charge < -0.3 is 10.2 Å². The molecule has 0 aromatic heterocycles. The van der Waals surface area contributed by atoms with E-state index >= 15 is 0 Å². The van der Waals surface area contributed by atoms with Crippen molar-refractivity contribution in [1.29, 1.82) is 0 Å². The maximum Gasteiger partial charge on any atom is 0.327 e. The van der Waals surface area contributed by atoms with Gasteiger partial charge in [0.25, 0.3) is 5.91 Å². The number of para-hydroxylation sites is 1. The summed E-state index contributed by atoms with van der Waals surface area (Å²) < 4.78 is 13.1. The fourth-order valence-electron chi connectivity index (χ4n) is 1.78. The normalized spacial score (nSPS) is 18.6. The van der Waals surface area contributed by atoms with Gasteiger partial charge in [0.2, 0.25) is 0 Å². The molecule has 6 heteroatoms. The van der Waals surface area contributed by atoms with Gasteiger partial charge in [-0.25, -0.2) is 9.18 Å². The van der Waals surface area contributed by atoms with Crippen molar-refractivity contribution in [2.45, 2.75) is 12.5 Å². The number of phenolic OH excluding ortho intramolecular Hbond substituents is 1. The summed E-state index contributed by atoms with van der Waals surface area (Å²) >= 11 is 0. The van der Waals surface area contributed by atoms with Crippen molar-refractivity contribution in [3.05, 3.63) is 41.9 Å². The largest absolute Gasteiger partial charge is 0.507 e. The molecule has 0 saturated heterocycles. The molecule has 1 aliphatic rings. The zero-order valence-electron chi connectivity index (χ0n) is 9.21. The van der Waals surface area contributed by atoms with Gasteiger partial charge in [-0.3, -0.25) is 9.69 Å². The summed E-state index contributed by atoms with van der Waals surface area (Å²) in [7, 11) is 0. The lowest BCUT2D eigenvalue weighted by atomic mass is 10.1. The number of carboxylic acids is 1. The first kappa shape index (κ1) is 12.1. The molecule has 0 spiro atoms. The van der Waals surface area contributed by atoms with Crippen molar-refractivity contribution >= 4 is 11.9 Å². The van der Waals surface area contributed by atoms with E-state index < -0.39 is 23.7 Å². The summed E-state index contributed by atoms with van der Waals surface area (Å²) in [6.07, 6.45) is 0.502. The number of carboxylic acid groups (broad SMARTS) is 1. The molecule has 0 bridgehead atoms. The molecule has 2 N–H and O–H groups in total. The highest BCUT2D eigenvalue weighted by atomic mass is 19.1. The van der Waals surface area contributed by atoms with Crippen LogP contribution in [0.25, 0.3) is 0 Å². The highest BCUT2D eigenvalue weighted by molar-refractivity contribution is 5.99. The molecule has 1 aromatic rings. The molecule has 1 amide bonds. The Labute approximate surface area is 102 Å². The number of halogens is 1. The van der Waals surface area contributed by atoms with Crippen LogP contribution in [-0.4, -0.2) is 33.0 Å². The van der Waals surface area contributed by atoms with Gasteiger partial charge in [-0.05, 0) is 12.1 Å². The molecule has 1 aromatic carbocycles. The van der Waals surface area contributed by atoms with Gasteiger partial charge in [0.1, 0.15) is 17.6 Å². The molecular weight excluding hydrogens is 241 g/mol. The molecule has 0 fully saturated rings. The number of aliphatic carboxylic acids is 1. The van der Waals surface area contributed by atoms with Gasteiger partial charge in [0.05, 0.1) is 5.56 Å². The number of carbonyl (C=O) groups is 2. The molecular formula is C12H10FNO4. The Hall–Kier alpha value is -2.37. The zero-order valence-corrected chi connectivity index (χ0v) is 9.21. The molecule has 0 radical (unpaired) electrons. The Kier molecular flexibility index (Phi) is 3.01. The Morgan fingerprint density at radius 2 is 2.00 bits per heavy atom. The molecule has 1 heterocycles. The minimum Gasteiger partial charge on any atom is -0.507 e. The lowest BCUT2D eigenvalue weighted by molar-refractivity contribution is -0.141. The smallest absolute Gasteiger partial charge is 0.327 e. The van der Waals surface area contributed by atoms with E-state index in [1.807, 2.05) is 0 Å². The van der Waals surface area contributed by atoms with Gasteiger partial charge in [0, 0.05) is 12.6 Å². The van der Waals surface area contributed by atoms with Crippen LogP contribution in [0.4, 0.5) is 4.39 Å². The topological polar surface area (TPSA) is 77.8 Å². The Morgan fingerprint density at radius 1 is 1.33 bits per heavy atom. The standard InChI is InChI=1S/C12H10FNO4/c13-7-5-9(12(17)18)14(6-7)11(16)8-3-1-2-4-10(8)15/h1-4,6,9,15H,5H2,(H,17,18)/t9-/m0/s1. The van der Waals surface area contributed by atoms with Gasteiger partial charge >= 0.3 is 5.97 Å². The fourth-order valence-corrected chi connectivity index (χ4v) is 1.78. The van der Waals surface area contributed by atoms with Crippen molar-refractivity contribution in [2.24, 2.45) is 0 Å². The predicted octanol–water partition coefficient (Wildman–Crippen LogP) is 1.50. The first-order valence-electron chi connectivity index (χ1n) is 5.20. The Bertz CT molecular complexity index is 541. The average Bonchev–Trinajstić information content (AvgIpc) is 2.71. The second kappa shape index (κ2) is 4.48. The minimum absolute atomic E-state index is 0.0605. The van der Waals surface area contributed by atoms with Crippen LogP contribution < -0.4 is 0 Å². The number of benzene rings is 1. The summed E-state index contributed by atoms with van der Waals surface area (Å²) in [5.74, 6) is -2.98. The van der Waals surface area contributed by atoms with Crippen LogP contribution in [0.5, 0.6) is 5.75 Å². The Balaban J connectivity index is 2.34. The first-order valence-corrected chi connectivity index (χ1v) is 5.20. The van der Waals surface area contributed by atoms with Crippen molar-refractivity contribution in [3.8, 4) is 5.75 Å². The Morgan fingerprint density at radius 3 is 2.61 bits per heavy atom. The number of amides is 1. The fraction of sp³-hybridized carbons (Fsp3) is 0.167. The quantitative estimate of drug-likeness (QED) is 0.835. The van der Waals surface area contributed by atoms with E-state index in [-0.39, 0.29) is 17.7 Å². The van der Waals surface area contributed by atoms with Crippen LogP contribution in [0.2, 0.25) is 0 Å². The van der Waals surface area contributed by atoms with E-state index in [1.165, 1.54) is 24.3 Å². The number of rotatable bonds is 2. The van der Waals surface area contributed by atoms with Crippen LogP contribution >= 0.6 is 0 Å². The number of hydrogen-bond acceptors (Lipinski definition) is 3. The molecule has 0 unspecified atom stereocenters. The van der Waals surface area contributed by atoms with Crippen LogP contribution in [0.15, 0.2) is 36.3 Å². The van der Waals surface area contributed by atoms with E-state index in [1.54, 1.807) is 0 Å². The van der Waals surface area contributed by atoms with Crippen LogP contribution in [0, 0.1) is 0 Å². The van der Waals surface area contributed by atoms with E-state index in [2.05, 4.69) is 0 Å². The second-order valence-electron chi connectivity index (χ2n) is 3.86. The van der Waals surface area contributed by atoms with E-state index in [4.69, 9.17) is 5.11 Å². The highest BCUT2D eigenvalue weighted by Gasteiger charge is 2.36. The number of carbonyl (C=O) groups excluding carboxylic acids is 1. The molecule has 0 saturated carbocycles. The van der Waals surface area contributed by atoms with Gasteiger partial charge in [-0.15, -0.1) is 0 Å². The van der Waals surface area contributed by atoms with E-state index in [0.717, 1.165) is 11.1 Å². The van der Waals surface area contributed by atoms with E-state index in [9.17, 15) is 19.1 Å². The lowest BCUT2D eigenvalue weighted by Gasteiger charge is -2.20. The third kappa shape index (κ3) is 2.04. The molecule has 2 rings (SSSR count). The number of phenols is 1. The molecule has 1 atom stereocenters. The summed E-state index contributed by atoms with van der Waals surface area (Å²) in [6, 6.07) is 4.44. The summed E-state index contributed by atoms with van der Waals surface area (Å²) in [5, 5.41) is 18.4. The van der Waals surface area contributed by atoms with Crippen LogP contribution in [0.3, 0.4) is 0 Å².